The van der Waals surface area contributed by atoms with Gasteiger partial charge in [-0.2, -0.15) is 0 Å². The molecule has 1 aromatic rings. The van der Waals surface area contributed by atoms with Gasteiger partial charge in [-0.3, -0.25) is 0 Å². The number of aromatic nitrogens is 2. The minimum absolute atomic E-state index is 0.419. The zero-order valence-electron chi connectivity index (χ0n) is 12.2. The molecular formula is C13H26N4O. The fourth-order valence-electron chi connectivity index (χ4n) is 1.58. The fourth-order valence-corrected chi connectivity index (χ4v) is 1.58. The van der Waals surface area contributed by atoms with Crippen LogP contribution in [0.4, 0.5) is 6.01 Å². The Morgan fingerprint density at radius 1 is 1.22 bits per heavy atom. The van der Waals surface area contributed by atoms with Crippen molar-refractivity contribution in [2.45, 2.75) is 53.6 Å². The summed E-state index contributed by atoms with van der Waals surface area (Å²) in [5.41, 5.74) is 0. The molecule has 0 aliphatic carbocycles. The van der Waals surface area contributed by atoms with Crippen molar-refractivity contribution in [1.29, 1.82) is 0 Å². The van der Waals surface area contributed by atoms with Crippen molar-refractivity contribution < 1.29 is 4.42 Å². The Morgan fingerprint density at radius 2 is 1.94 bits per heavy atom. The average Bonchev–Trinajstić information content (AvgIpc) is 2.81. The third-order valence-electron chi connectivity index (χ3n) is 3.00. The van der Waals surface area contributed by atoms with Crippen LogP contribution >= 0.6 is 0 Å². The van der Waals surface area contributed by atoms with Gasteiger partial charge in [0, 0.05) is 19.1 Å². The van der Waals surface area contributed by atoms with Crippen LogP contribution in [0.25, 0.3) is 0 Å². The fraction of sp³-hybridized carbons (Fsp3) is 0.846. The topological polar surface area (TPSA) is 54.2 Å². The molecule has 1 aromatic heterocycles. The molecule has 0 saturated heterocycles. The Hall–Kier alpha value is -1.10. The van der Waals surface area contributed by atoms with Crippen molar-refractivity contribution in [3.05, 3.63) is 5.89 Å². The summed E-state index contributed by atoms with van der Waals surface area (Å²) >= 11 is 0. The first-order valence-electron chi connectivity index (χ1n) is 6.87. The lowest BCUT2D eigenvalue weighted by molar-refractivity contribution is 0.436. The van der Waals surface area contributed by atoms with E-state index in [0.29, 0.717) is 30.4 Å². The highest BCUT2D eigenvalue weighted by Crippen LogP contribution is 2.15. The Kier molecular flexibility index (Phi) is 6.12. The number of anilines is 1. The van der Waals surface area contributed by atoms with Crippen molar-refractivity contribution in [3.8, 4) is 0 Å². The van der Waals surface area contributed by atoms with E-state index in [1.165, 1.54) is 0 Å². The summed E-state index contributed by atoms with van der Waals surface area (Å²) in [6.45, 7) is 13.2. The van der Waals surface area contributed by atoms with Crippen LogP contribution in [0.2, 0.25) is 0 Å². The van der Waals surface area contributed by atoms with E-state index in [9.17, 15) is 0 Å². The summed E-state index contributed by atoms with van der Waals surface area (Å²) in [4.78, 5) is 2.14. The molecule has 1 unspecified atom stereocenters. The van der Waals surface area contributed by atoms with Crippen molar-refractivity contribution >= 4 is 6.01 Å². The predicted molar refractivity (Wildman–Crippen MR) is 73.6 cm³/mol. The number of hydrogen-bond donors (Lipinski definition) is 1. The number of nitrogens with one attached hydrogen (secondary N) is 1. The van der Waals surface area contributed by atoms with Crippen LogP contribution in [0.5, 0.6) is 0 Å². The van der Waals surface area contributed by atoms with Crippen molar-refractivity contribution in [1.82, 2.24) is 15.5 Å². The molecule has 0 aliphatic heterocycles. The highest BCUT2D eigenvalue weighted by Gasteiger charge is 2.15. The largest absolute Gasteiger partial charge is 0.407 e. The molecule has 0 saturated carbocycles. The van der Waals surface area contributed by atoms with E-state index < -0.39 is 0 Å². The zero-order valence-corrected chi connectivity index (χ0v) is 12.2. The Morgan fingerprint density at radius 3 is 2.50 bits per heavy atom. The van der Waals surface area contributed by atoms with Gasteiger partial charge in [-0.15, -0.1) is 5.10 Å². The minimum Gasteiger partial charge on any atom is -0.407 e. The van der Waals surface area contributed by atoms with E-state index in [1.54, 1.807) is 0 Å². The van der Waals surface area contributed by atoms with Gasteiger partial charge in [-0.05, 0) is 12.8 Å². The summed E-state index contributed by atoms with van der Waals surface area (Å²) in [6, 6.07) is 1.06. The maximum Gasteiger partial charge on any atom is 0.318 e. The van der Waals surface area contributed by atoms with Gasteiger partial charge in [0.25, 0.3) is 0 Å². The molecule has 1 heterocycles. The molecule has 0 radical (unpaired) electrons. The smallest absolute Gasteiger partial charge is 0.318 e. The summed E-state index contributed by atoms with van der Waals surface area (Å²) in [6.07, 6.45) is 1.16. The van der Waals surface area contributed by atoms with E-state index >= 15 is 0 Å². The zero-order chi connectivity index (χ0) is 13.5. The molecule has 0 bridgehead atoms. The predicted octanol–water partition coefficient (Wildman–Crippen LogP) is 2.44. The summed E-state index contributed by atoms with van der Waals surface area (Å²) in [7, 11) is 0. The highest BCUT2D eigenvalue weighted by atomic mass is 16.4. The van der Waals surface area contributed by atoms with E-state index in [1.807, 2.05) is 0 Å². The minimum atomic E-state index is 0.419. The van der Waals surface area contributed by atoms with Crippen molar-refractivity contribution in [2.75, 3.05) is 18.0 Å². The first-order valence-corrected chi connectivity index (χ1v) is 6.87. The Bertz CT molecular complexity index is 337. The van der Waals surface area contributed by atoms with E-state index in [4.69, 9.17) is 4.42 Å². The Labute approximate surface area is 110 Å². The van der Waals surface area contributed by atoms with Gasteiger partial charge in [0.15, 0.2) is 0 Å². The highest BCUT2D eigenvalue weighted by molar-refractivity contribution is 5.23. The third kappa shape index (κ3) is 4.64. The van der Waals surface area contributed by atoms with Gasteiger partial charge in [0.05, 0.1) is 6.54 Å². The lowest BCUT2D eigenvalue weighted by atomic mass is 10.1. The first kappa shape index (κ1) is 15.0. The normalized spacial score (nSPS) is 13.0. The van der Waals surface area contributed by atoms with Crippen LogP contribution in [-0.4, -0.2) is 29.3 Å². The quantitative estimate of drug-likeness (QED) is 0.772. The van der Waals surface area contributed by atoms with Crippen LogP contribution in [0.3, 0.4) is 0 Å². The van der Waals surface area contributed by atoms with Crippen molar-refractivity contribution in [2.24, 2.45) is 5.92 Å². The second-order valence-electron chi connectivity index (χ2n) is 5.07. The number of hydrogen-bond acceptors (Lipinski definition) is 5. The van der Waals surface area contributed by atoms with Gasteiger partial charge in [0.1, 0.15) is 0 Å². The molecule has 5 heteroatoms. The molecule has 18 heavy (non-hydrogen) atoms. The first-order chi connectivity index (χ1) is 8.56. The second kappa shape index (κ2) is 7.36. The number of nitrogens with zero attached hydrogens (tertiary/aromatic N) is 3. The molecule has 0 aromatic carbocycles. The molecule has 0 spiro atoms. The van der Waals surface area contributed by atoms with Crippen LogP contribution in [0, 0.1) is 5.92 Å². The molecule has 0 aliphatic rings. The van der Waals surface area contributed by atoms with Crippen LogP contribution in [-0.2, 0) is 6.54 Å². The SMILES string of the molecule is CCC(C)CN(CC)c1nnc(CNC(C)C)o1. The monoisotopic (exact) mass is 254 g/mol. The molecule has 104 valence electrons. The second-order valence-corrected chi connectivity index (χ2v) is 5.07. The van der Waals surface area contributed by atoms with E-state index in [0.717, 1.165) is 19.5 Å². The van der Waals surface area contributed by atoms with Crippen LogP contribution < -0.4 is 10.2 Å². The maximum atomic E-state index is 5.67. The molecule has 1 rings (SSSR count). The summed E-state index contributed by atoms with van der Waals surface area (Å²) in [5.74, 6) is 1.29. The standard InChI is InChI=1S/C13H26N4O/c1-6-11(5)9-17(7-2)13-16-15-12(18-13)8-14-10(3)4/h10-11,14H,6-9H2,1-5H3. The molecule has 5 nitrogen and oxygen atoms in total. The van der Waals surface area contributed by atoms with Crippen LogP contribution in [0.1, 0.15) is 46.9 Å². The molecular weight excluding hydrogens is 228 g/mol. The van der Waals surface area contributed by atoms with E-state index in [-0.39, 0.29) is 0 Å². The number of rotatable bonds is 8. The van der Waals surface area contributed by atoms with Gasteiger partial charge in [0.2, 0.25) is 5.89 Å². The van der Waals surface area contributed by atoms with Gasteiger partial charge < -0.3 is 14.6 Å². The lowest BCUT2D eigenvalue weighted by Crippen LogP contribution is -2.28. The molecule has 1 N–H and O–H groups in total. The van der Waals surface area contributed by atoms with E-state index in [2.05, 4.69) is 55.0 Å². The van der Waals surface area contributed by atoms with Gasteiger partial charge in [-0.1, -0.05) is 39.2 Å². The maximum absolute atomic E-state index is 5.67. The van der Waals surface area contributed by atoms with Crippen molar-refractivity contribution in [3.63, 3.8) is 0 Å². The molecule has 1 atom stereocenters. The molecule has 0 amide bonds. The Balaban J connectivity index is 2.58. The van der Waals surface area contributed by atoms with Gasteiger partial charge in [-0.25, -0.2) is 0 Å². The third-order valence-corrected chi connectivity index (χ3v) is 3.00. The lowest BCUT2D eigenvalue weighted by Gasteiger charge is -2.21. The molecule has 0 fully saturated rings. The summed E-state index contributed by atoms with van der Waals surface area (Å²) in [5, 5.41) is 11.5. The van der Waals surface area contributed by atoms with Crippen LogP contribution in [0.15, 0.2) is 4.42 Å². The van der Waals surface area contributed by atoms with Gasteiger partial charge >= 0.3 is 6.01 Å². The summed E-state index contributed by atoms with van der Waals surface area (Å²) < 4.78 is 5.67. The average molecular weight is 254 g/mol.